The number of hydrogen-bond donors (Lipinski definition) is 1. The Bertz CT molecular complexity index is 772. The molecule has 1 fully saturated rings. The number of hydrogen-bond acceptors (Lipinski definition) is 4. The predicted octanol–water partition coefficient (Wildman–Crippen LogP) is 2.36. The second kappa shape index (κ2) is 7.45. The summed E-state index contributed by atoms with van der Waals surface area (Å²) in [5.41, 5.74) is -0.435. The number of carbonyl (C=O) groups excluding carboxylic acids is 1. The average molecular weight is 367 g/mol. The first-order valence-electron chi connectivity index (χ1n) is 8.42. The van der Waals surface area contributed by atoms with Gasteiger partial charge in [0.2, 0.25) is 0 Å². The normalized spacial score (nSPS) is 18.2. The van der Waals surface area contributed by atoms with Gasteiger partial charge in [-0.2, -0.15) is 13.2 Å². The summed E-state index contributed by atoms with van der Waals surface area (Å²) < 4.78 is 39.7. The van der Waals surface area contributed by atoms with Crippen LogP contribution < -0.4 is 5.32 Å². The van der Waals surface area contributed by atoms with E-state index in [4.69, 9.17) is 0 Å². The van der Waals surface area contributed by atoms with Crippen LogP contribution >= 0.6 is 0 Å². The van der Waals surface area contributed by atoms with E-state index in [1.165, 1.54) is 23.0 Å². The van der Waals surface area contributed by atoms with Crippen LogP contribution in [0.15, 0.2) is 30.5 Å². The molecular formula is C17H20F3N5O. The molecule has 2 aromatic rings. The lowest BCUT2D eigenvalue weighted by Crippen LogP contribution is -2.42. The third-order valence-electron chi connectivity index (χ3n) is 4.45. The van der Waals surface area contributed by atoms with E-state index >= 15 is 0 Å². The first kappa shape index (κ1) is 18.4. The Balaban J connectivity index is 1.76. The molecule has 6 nitrogen and oxygen atoms in total. The summed E-state index contributed by atoms with van der Waals surface area (Å²) in [6.45, 7) is 2.12. The Hall–Kier alpha value is -2.42. The van der Waals surface area contributed by atoms with Gasteiger partial charge in [0, 0.05) is 13.1 Å². The number of aromatic nitrogens is 3. The van der Waals surface area contributed by atoms with Crippen molar-refractivity contribution in [2.24, 2.45) is 5.92 Å². The topological polar surface area (TPSA) is 63.1 Å². The lowest BCUT2D eigenvalue weighted by molar-refractivity contribution is -0.137. The largest absolute Gasteiger partial charge is 0.416 e. The van der Waals surface area contributed by atoms with Gasteiger partial charge in [0.15, 0.2) is 5.69 Å². The number of rotatable bonds is 4. The van der Waals surface area contributed by atoms with Crippen molar-refractivity contribution in [2.45, 2.75) is 19.0 Å². The smallest absolute Gasteiger partial charge is 0.337 e. The van der Waals surface area contributed by atoms with Crippen LogP contribution in [-0.4, -0.2) is 52.5 Å². The summed E-state index contributed by atoms with van der Waals surface area (Å²) in [4.78, 5) is 14.4. The van der Waals surface area contributed by atoms with Gasteiger partial charge >= 0.3 is 6.18 Å². The minimum absolute atomic E-state index is 0.132. The van der Waals surface area contributed by atoms with Gasteiger partial charge < -0.3 is 10.2 Å². The number of nitrogens with one attached hydrogen (secondary N) is 1. The molecule has 1 unspecified atom stereocenters. The summed E-state index contributed by atoms with van der Waals surface area (Å²) in [6.07, 6.45) is -1.09. The molecular weight excluding hydrogens is 347 g/mol. The molecule has 1 atom stereocenters. The monoisotopic (exact) mass is 367 g/mol. The Morgan fingerprint density at radius 3 is 2.92 bits per heavy atom. The molecule has 3 rings (SSSR count). The van der Waals surface area contributed by atoms with Crippen molar-refractivity contribution >= 4 is 5.91 Å². The first-order chi connectivity index (χ1) is 12.4. The SMILES string of the molecule is CNCC1CCCN(C(=O)c2cn(-c3cccc(C(F)(F)F)c3)nn2)C1. The molecule has 26 heavy (non-hydrogen) atoms. The van der Waals surface area contributed by atoms with Crippen LogP contribution in [0.4, 0.5) is 13.2 Å². The highest BCUT2D eigenvalue weighted by Crippen LogP contribution is 2.30. The number of alkyl halides is 3. The van der Waals surface area contributed by atoms with Crippen molar-refractivity contribution in [2.75, 3.05) is 26.7 Å². The summed E-state index contributed by atoms with van der Waals surface area (Å²) in [5.74, 6) is 0.139. The second-order valence-electron chi connectivity index (χ2n) is 6.41. The third kappa shape index (κ3) is 4.04. The minimum atomic E-state index is -4.44. The molecule has 1 N–H and O–H groups in total. The van der Waals surface area contributed by atoms with Crippen LogP contribution in [0.1, 0.15) is 28.9 Å². The summed E-state index contributed by atoms with van der Waals surface area (Å²) in [5, 5.41) is 10.8. The number of likely N-dealkylation sites (tertiary alicyclic amines) is 1. The number of nitrogens with zero attached hydrogens (tertiary/aromatic N) is 4. The summed E-state index contributed by atoms with van der Waals surface area (Å²) in [6, 6.07) is 4.76. The third-order valence-corrected chi connectivity index (χ3v) is 4.45. The van der Waals surface area contributed by atoms with Crippen molar-refractivity contribution < 1.29 is 18.0 Å². The van der Waals surface area contributed by atoms with Crippen molar-refractivity contribution in [3.63, 3.8) is 0 Å². The maximum atomic E-state index is 12.8. The average Bonchev–Trinajstić information content (AvgIpc) is 3.11. The zero-order chi connectivity index (χ0) is 18.7. The highest BCUT2D eigenvalue weighted by Gasteiger charge is 2.31. The quantitative estimate of drug-likeness (QED) is 0.901. The molecule has 0 saturated carbocycles. The molecule has 1 amide bonds. The van der Waals surface area contributed by atoms with Gasteiger partial charge in [0.05, 0.1) is 17.4 Å². The van der Waals surface area contributed by atoms with Crippen molar-refractivity contribution in [1.82, 2.24) is 25.2 Å². The molecule has 140 valence electrons. The molecule has 2 heterocycles. The molecule has 0 bridgehead atoms. The van der Waals surface area contributed by atoms with Gasteiger partial charge in [-0.15, -0.1) is 5.10 Å². The molecule has 1 aromatic heterocycles. The van der Waals surface area contributed by atoms with Gasteiger partial charge in [-0.3, -0.25) is 4.79 Å². The Labute approximate surface area is 149 Å². The Morgan fingerprint density at radius 2 is 2.19 bits per heavy atom. The van der Waals surface area contributed by atoms with Crippen LogP contribution in [0.3, 0.4) is 0 Å². The van der Waals surface area contributed by atoms with E-state index in [9.17, 15) is 18.0 Å². The Morgan fingerprint density at radius 1 is 1.38 bits per heavy atom. The van der Waals surface area contributed by atoms with Crippen LogP contribution in [0, 0.1) is 5.92 Å². The standard InChI is InChI=1S/C17H20F3N5O/c1-21-9-12-4-3-7-24(10-12)16(26)15-11-25(23-22-15)14-6-2-5-13(8-14)17(18,19)20/h2,5-6,8,11-12,21H,3-4,7,9-10H2,1H3. The van der Waals surface area contributed by atoms with Crippen LogP contribution in [0.2, 0.25) is 0 Å². The Kier molecular flexibility index (Phi) is 5.26. The number of carbonyl (C=O) groups is 1. The van der Waals surface area contributed by atoms with Crippen molar-refractivity contribution in [3.05, 3.63) is 41.7 Å². The molecule has 9 heteroatoms. The molecule has 0 aliphatic carbocycles. The number of amides is 1. The van der Waals surface area contributed by atoms with E-state index < -0.39 is 11.7 Å². The summed E-state index contributed by atoms with van der Waals surface area (Å²) in [7, 11) is 1.88. The highest BCUT2D eigenvalue weighted by molar-refractivity contribution is 5.92. The fourth-order valence-electron chi connectivity index (χ4n) is 3.18. The second-order valence-corrected chi connectivity index (χ2v) is 6.41. The van der Waals surface area contributed by atoms with Crippen molar-refractivity contribution in [3.8, 4) is 5.69 Å². The number of piperidine rings is 1. The molecule has 1 saturated heterocycles. The van der Waals surface area contributed by atoms with Gasteiger partial charge in [-0.1, -0.05) is 11.3 Å². The van der Waals surface area contributed by atoms with E-state index in [-0.39, 0.29) is 17.3 Å². The molecule has 0 radical (unpaired) electrons. The molecule has 0 spiro atoms. The van der Waals surface area contributed by atoms with Crippen LogP contribution in [0.25, 0.3) is 5.69 Å². The molecule has 1 aromatic carbocycles. The number of halogens is 3. The lowest BCUT2D eigenvalue weighted by Gasteiger charge is -2.32. The first-order valence-corrected chi connectivity index (χ1v) is 8.42. The maximum absolute atomic E-state index is 12.8. The molecule has 1 aliphatic heterocycles. The fourth-order valence-corrected chi connectivity index (χ4v) is 3.18. The zero-order valence-corrected chi connectivity index (χ0v) is 14.3. The maximum Gasteiger partial charge on any atom is 0.416 e. The lowest BCUT2D eigenvalue weighted by atomic mass is 9.98. The van der Waals surface area contributed by atoms with Crippen molar-refractivity contribution in [1.29, 1.82) is 0 Å². The van der Waals surface area contributed by atoms with Gasteiger partial charge in [0.1, 0.15) is 0 Å². The zero-order valence-electron chi connectivity index (χ0n) is 14.3. The van der Waals surface area contributed by atoms with E-state index in [0.29, 0.717) is 19.0 Å². The fraction of sp³-hybridized carbons (Fsp3) is 0.471. The van der Waals surface area contributed by atoms with E-state index in [0.717, 1.165) is 31.5 Å². The van der Waals surface area contributed by atoms with E-state index in [1.54, 1.807) is 4.90 Å². The van der Waals surface area contributed by atoms with E-state index in [2.05, 4.69) is 15.6 Å². The van der Waals surface area contributed by atoms with Gasteiger partial charge in [-0.25, -0.2) is 4.68 Å². The molecule has 1 aliphatic rings. The van der Waals surface area contributed by atoms with Crippen LogP contribution in [0.5, 0.6) is 0 Å². The van der Waals surface area contributed by atoms with Gasteiger partial charge in [-0.05, 0) is 50.6 Å². The van der Waals surface area contributed by atoms with E-state index in [1.807, 2.05) is 7.05 Å². The predicted molar refractivity (Wildman–Crippen MR) is 88.9 cm³/mol. The van der Waals surface area contributed by atoms with Crippen LogP contribution in [-0.2, 0) is 6.18 Å². The van der Waals surface area contributed by atoms with Gasteiger partial charge in [0.25, 0.3) is 5.91 Å². The number of benzene rings is 1. The minimum Gasteiger partial charge on any atom is -0.337 e. The summed E-state index contributed by atoms with van der Waals surface area (Å²) >= 11 is 0. The highest BCUT2D eigenvalue weighted by atomic mass is 19.4.